The maximum Gasteiger partial charge on any atom is 0.0714 e. The molecule has 0 bridgehead atoms. The number of aryl methyl sites for hydroxylation is 6. The standard InChI is InChI=1S/C58H46S2/c1-35-7-19-43(20-8-35)57(44-21-9-36(2)10-22-44)51-31-41(55-29-15-39(5)59-55)17-27-47(51)49-34-54-50(33-53(49)57)48-28-18-42(56-30-16-40(6)60-56)32-52(48)58(54,45-23-11-37(3)12-24-45)46-25-13-38(4)14-26-46/h7-34H,1-6H3. The zero-order chi connectivity index (χ0) is 40.9. The summed E-state index contributed by atoms with van der Waals surface area (Å²) in [6.07, 6.45) is 0. The number of benzene rings is 7. The Morgan fingerprint density at radius 1 is 0.283 bits per heavy atom. The quantitative estimate of drug-likeness (QED) is 0.157. The lowest BCUT2D eigenvalue weighted by Crippen LogP contribution is -2.30. The lowest BCUT2D eigenvalue weighted by molar-refractivity contribution is 0.758. The van der Waals surface area contributed by atoms with Crippen LogP contribution in [-0.2, 0) is 10.8 Å². The molecule has 9 aromatic rings. The molecule has 290 valence electrons. The van der Waals surface area contributed by atoms with Crippen molar-refractivity contribution in [1.29, 1.82) is 0 Å². The van der Waals surface area contributed by atoms with Gasteiger partial charge in [-0.1, -0.05) is 144 Å². The fourth-order valence-corrected chi connectivity index (χ4v) is 12.1. The summed E-state index contributed by atoms with van der Waals surface area (Å²) >= 11 is 3.75. The summed E-state index contributed by atoms with van der Waals surface area (Å²) in [5.74, 6) is 0. The molecule has 0 nitrogen and oxygen atoms in total. The van der Waals surface area contributed by atoms with Crippen molar-refractivity contribution in [3.63, 3.8) is 0 Å². The first-order valence-corrected chi connectivity index (χ1v) is 22.7. The third-order valence-electron chi connectivity index (χ3n) is 13.4. The molecule has 7 aromatic carbocycles. The zero-order valence-corrected chi connectivity index (χ0v) is 36.6. The number of hydrogen-bond acceptors (Lipinski definition) is 2. The van der Waals surface area contributed by atoms with Gasteiger partial charge in [0.1, 0.15) is 0 Å². The predicted molar refractivity (Wildman–Crippen MR) is 256 cm³/mol. The lowest BCUT2D eigenvalue weighted by Gasteiger charge is -2.36. The molecule has 0 fully saturated rings. The monoisotopic (exact) mass is 806 g/mol. The molecule has 2 heterocycles. The second-order valence-electron chi connectivity index (χ2n) is 17.2. The number of fused-ring (bicyclic) bond motifs is 6. The lowest BCUT2D eigenvalue weighted by atomic mass is 9.65. The molecule has 0 spiro atoms. The summed E-state index contributed by atoms with van der Waals surface area (Å²) in [5, 5.41) is 0. The third kappa shape index (κ3) is 5.40. The first-order valence-electron chi connectivity index (χ1n) is 21.1. The molecule has 2 heteroatoms. The van der Waals surface area contributed by atoms with Crippen LogP contribution in [0.25, 0.3) is 43.1 Å². The summed E-state index contributed by atoms with van der Waals surface area (Å²) in [6.45, 7) is 13.2. The molecule has 0 saturated heterocycles. The van der Waals surface area contributed by atoms with E-state index in [2.05, 4.69) is 211 Å². The topological polar surface area (TPSA) is 0 Å². The van der Waals surface area contributed by atoms with E-state index in [1.807, 2.05) is 22.7 Å². The van der Waals surface area contributed by atoms with Crippen LogP contribution in [0, 0.1) is 41.5 Å². The highest BCUT2D eigenvalue weighted by atomic mass is 32.1. The maximum absolute atomic E-state index is 2.61. The molecule has 2 aliphatic rings. The molecule has 2 aromatic heterocycles. The Kier molecular flexibility index (Phi) is 8.47. The van der Waals surface area contributed by atoms with E-state index in [1.54, 1.807) is 0 Å². The Hall–Kier alpha value is -6.06. The molecule has 0 unspecified atom stereocenters. The molecular weight excluding hydrogens is 761 g/mol. The van der Waals surface area contributed by atoms with Gasteiger partial charge in [-0.15, -0.1) is 22.7 Å². The van der Waals surface area contributed by atoms with E-state index < -0.39 is 10.8 Å². The van der Waals surface area contributed by atoms with E-state index in [0.29, 0.717) is 0 Å². The summed E-state index contributed by atoms with van der Waals surface area (Å²) in [5.41, 5.74) is 22.3. The van der Waals surface area contributed by atoms with E-state index in [0.717, 1.165) is 0 Å². The smallest absolute Gasteiger partial charge is 0.0714 e. The summed E-state index contributed by atoms with van der Waals surface area (Å²) in [6, 6.07) is 66.3. The van der Waals surface area contributed by atoms with Gasteiger partial charge in [0.05, 0.1) is 10.8 Å². The first-order chi connectivity index (χ1) is 29.1. The van der Waals surface area contributed by atoms with Crippen molar-refractivity contribution in [2.24, 2.45) is 0 Å². The average Bonchev–Trinajstić information content (AvgIpc) is 4.03. The van der Waals surface area contributed by atoms with E-state index in [9.17, 15) is 0 Å². The van der Waals surface area contributed by atoms with Crippen molar-refractivity contribution >= 4 is 22.7 Å². The van der Waals surface area contributed by atoms with Crippen molar-refractivity contribution in [1.82, 2.24) is 0 Å². The molecule has 0 N–H and O–H groups in total. The number of thiophene rings is 2. The maximum atomic E-state index is 2.61. The van der Waals surface area contributed by atoms with Crippen LogP contribution in [0.5, 0.6) is 0 Å². The van der Waals surface area contributed by atoms with Gasteiger partial charge < -0.3 is 0 Å². The highest BCUT2D eigenvalue weighted by molar-refractivity contribution is 7.15. The molecule has 60 heavy (non-hydrogen) atoms. The Morgan fingerprint density at radius 3 is 0.867 bits per heavy atom. The summed E-state index contributed by atoms with van der Waals surface area (Å²) in [7, 11) is 0. The van der Waals surface area contributed by atoms with Gasteiger partial charge in [-0.05, 0) is 168 Å². The molecule has 0 radical (unpaired) electrons. The fourth-order valence-electron chi connectivity index (χ4n) is 10.4. The van der Waals surface area contributed by atoms with Gasteiger partial charge in [0.2, 0.25) is 0 Å². The summed E-state index contributed by atoms with van der Waals surface area (Å²) < 4.78 is 0. The Bertz CT molecular complexity index is 2810. The number of rotatable bonds is 6. The Labute approximate surface area is 362 Å². The Morgan fingerprint density at radius 2 is 0.583 bits per heavy atom. The molecule has 2 aliphatic carbocycles. The second kappa shape index (κ2) is 13.7. The van der Waals surface area contributed by atoms with Crippen LogP contribution in [0.2, 0.25) is 0 Å². The minimum Gasteiger partial charge on any atom is -0.141 e. The van der Waals surface area contributed by atoms with Crippen LogP contribution in [0.4, 0.5) is 0 Å². The van der Waals surface area contributed by atoms with Gasteiger partial charge in [0.25, 0.3) is 0 Å². The van der Waals surface area contributed by atoms with Gasteiger partial charge in [0, 0.05) is 19.5 Å². The van der Waals surface area contributed by atoms with E-state index in [4.69, 9.17) is 0 Å². The van der Waals surface area contributed by atoms with Crippen LogP contribution in [-0.4, -0.2) is 0 Å². The van der Waals surface area contributed by atoms with E-state index >= 15 is 0 Å². The zero-order valence-electron chi connectivity index (χ0n) is 35.0. The van der Waals surface area contributed by atoms with Gasteiger partial charge in [0.15, 0.2) is 0 Å². The molecule has 0 saturated carbocycles. The summed E-state index contributed by atoms with van der Waals surface area (Å²) in [4.78, 5) is 5.26. The largest absolute Gasteiger partial charge is 0.141 e. The predicted octanol–water partition coefficient (Wildman–Crippen LogP) is 15.7. The van der Waals surface area contributed by atoms with E-state index in [-0.39, 0.29) is 0 Å². The fraction of sp³-hybridized carbons (Fsp3) is 0.138. The van der Waals surface area contributed by atoms with Crippen molar-refractivity contribution in [3.05, 3.63) is 246 Å². The van der Waals surface area contributed by atoms with Crippen molar-refractivity contribution in [3.8, 4) is 43.1 Å². The van der Waals surface area contributed by atoms with Crippen LogP contribution < -0.4 is 0 Å². The van der Waals surface area contributed by atoms with Crippen LogP contribution in [0.15, 0.2) is 170 Å². The normalized spacial score (nSPS) is 14.1. The highest BCUT2D eigenvalue weighted by Crippen LogP contribution is 2.63. The van der Waals surface area contributed by atoms with Crippen molar-refractivity contribution in [2.75, 3.05) is 0 Å². The molecule has 11 rings (SSSR count). The minimum atomic E-state index is -0.545. The minimum absolute atomic E-state index is 0.545. The average molecular weight is 807 g/mol. The SMILES string of the molecule is Cc1ccc(C2(c3ccc(C)cc3)c3cc(-c4ccc(C)s4)ccc3-c3cc4c(cc32)-c2ccc(-c3ccc(C)s3)cc2C4(c2ccc(C)cc2)c2ccc(C)cc2)cc1. The molecular formula is C58H46S2. The van der Waals surface area contributed by atoms with Gasteiger partial charge >= 0.3 is 0 Å². The molecule has 0 amide bonds. The van der Waals surface area contributed by atoms with Crippen molar-refractivity contribution in [2.45, 2.75) is 52.4 Å². The van der Waals surface area contributed by atoms with Gasteiger partial charge in [-0.3, -0.25) is 0 Å². The Balaban J connectivity index is 1.29. The first kappa shape index (κ1) is 37.0. The highest BCUT2D eigenvalue weighted by Gasteiger charge is 2.51. The van der Waals surface area contributed by atoms with Crippen LogP contribution in [0.3, 0.4) is 0 Å². The molecule has 0 atom stereocenters. The number of hydrogen-bond donors (Lipinski definition) is 0. The van der Waals surface area contributed by atoms with Crippen LogP contribution in [0.1, 0.15) is 76.5 Å². The van der Waals surface area contributed by atoms with E-state index in [1.165, 1.54) is 120 Å². The van der Waals surface area contributed by atoms with Crippen LogP contribution >= 0.6 is 22.7 Å². The van der Waals surface area contributed by atoms with Gasteiger partial charge in [-0.2, -0.15) is 0 Å². The molecule has 0 aliphatic heterocycles. The second-order valence-corrected chi connectivity index (χ2v) is 19.8. The van der Waals surface area contributed by atoms with Gasteiger partial charge in [-0.25, -0.2) is 0 Å². The van der Waals surface area contributed by atoms with Crippen molar-refractivity contribution < 1.29 is 0 Å². The third-order valence-corrected chi connectivity index (χ3v) is 15.5.